The minimum absolute atomic E-state index is 0.0213. The van der Waals surface area contributed by atoms with Gasteiger partial charge in [0.05, 0.1) is 6.04 Å². The molecule has 0 aliphatic rings. The van der Waals surface area contributed by atoms with Gasteiger partial charge in [0.1, 0.15) is 0 Å². The average molecular weight is 271 g/mol. The first-order valence-corrected chi connectivity index (χ1v) is 7.42. The molecule has 1 unspecified atom stereocenters. The van der Waals surface area contributed by atoms with Crippen LogP contribution >= 0.6 is 0 Å². The van der Waals surface area contributed by atoms with Gasteiger partial charge in [-0.15, -0.1) is 0 Å². The molecule has 0 radical (unpaired) electrons. The van der Waals surface area contributed by atoms with E-state index in [4.69, 9.17) is 10.9 Å². The Kier molecular flexibility index (Phi) is 11.0. The Hall–Kier alpha value is -1.26. The van der Waals surface area contributed by atoms with Gasteiger partial charge in [-0.1, -0.05) is 57.5 Å². The highest BCUT2D eigenvalue weighted by molar-refractivity contribution is 5.89. The zero-order chi connectivity index (χ0) is 14.5. The minimum Gasteiger partial charge on any atom is -0.409 e. The second-order valence-electron chi connectivity index (χ2n) is 4.92. The van der Waals surface area contributed by atoms with Gasteiger partial charge in [0, 0.05) is 6.42 Å². The Morgan fingerprint density at radius 2 is 1.74 bits per heavy atom. The molecule has 0 aromatic heterocycles. The first-order valence-electron chi connectivity index (χ1n) is 7.42. The summed E-state index contributed by atoms with van der Waals surface area (Å²) in [5.74, 6) is 0.0439. The van der Waals surface area contributed by atoms with Crippen molar-refractivity contribution in [1.29, 1.82) is 0 Å². The first-order chi connectivity index (χ1) is 9.15. The molecule has 5 nitrogen and oxygen atoms in total. The zero-order valence-corrected chi connectivity index (χ0v) is 12.3. The third-order valence-electron chi connectivity index (χ3n) is 3.22. The Morgan fingerprint density at radius 1 is 1.16 bits per heavy atom. The summed E-state index contributed by atoms with van der Waals surface area (Å²) in [7, 11) is 0. The summed E-state index contributed by atoms with van der Waals surface area (Å²) >= 11 is 0. The number of hydrogen-bond donors (Lipinski definition) is 3. The number of unbranched alkanes of at least 4 members (excludes halogenated alkanes) is 6. The van der Waals surface area contributed by atoms with E-state index in [-0.39, 0.29) is 17.8 Å². The highest BCUT2D eigenvalue weighted by Crippen LogP contribution is 2.08. The Balaban J connectivity index is 3.63. The summed E-state index contributed by atoms with van der Waals surface area (Å²) in [5, 5.41) is 14.3. The predicted molar refractivity (Wildman–Crippen MR) is 78.2 cm³/mol. The molecule has 5 heteroatoms. The van der Waals surface area contributed by atoms with Crippen molar-refractivity contribution >= 4 is 11.7 Å². The molecular weight excluding hydrogens is 242 g/mol. The van der Waals surface area contributed by atoms with Gasteiger partial charge in [-0.2, -0.15) is 0 Å². The minimum atomic E-state index is -0.359. The summed E-state index contributed by atoms with van der Waals surface area (Å²) in [6.45, 7) is 4.09. The molecule has 112 valence electrons. The van der Waals surface area contributed by atoms with Crippen LogP contribution < -0.4 is 11.1 Å². The van der Waals surface area contributed by atoms with Crippen molar-refractivity contribution in [3.63, 3.8) is 0 Å². The SMILES string of the molecule is CCCCCCCCCC(=O)NC(CC)C(N)=NO. The number of oxime groups is 1. The fraction of sp³-hybridized carbons (Fsp3) is 0.857. The van der Waals surface area contributed by atoms with Crippen LogP contribution in [0.5, 0.6) is 0 Å². The molecular formula is C14H29N3O2. The van der Waals surface area contributed by atoms with Gasteiger partial charge in [-0.05, 0) is 12.8 Å². The van der Waals surface area contributed by atoms with Crippen molar-refractivity contribution in [2.75, 3.05) is 0 Å². The van der Waals surface area contributed by atoms with Gasteiger partial charge in [-0.3, -0.25) is 4.79 Å². The van der Waals surface area contributed by atoms with Crippen LogP contribution in [0.25, 0.3) is 0 Å². The summed E-state index contributed by atoms with van der Waals surface area (Å²) in [6.07, 6.45) is 9.46. The molecule has 0 bridgehead atoms. The lowest BCUT2D eigenvalue weighted by molar-refractivity contribution is -0.121. The third-order valence-corrected chi connectivity index (χ3v) is 3.22. The molecule has 1 amide bonds. The Morgan fingerprint density at radius 3 is 2.26 bits per heavy atom. The summed E-state index contributed by atoms with van der Waals surface area (Å²) < 4.78 is 0. The van der Waals surface area contributed by atoms with Gasteiger partial charge in [0.2, 0.25) is 5.91 Å². The number of hydrogen-bond acceptors (Lipinski definition) is 3. The van der Waals surface area contributed by atoms with Crippen molar-refractivity contribution in [3.8, 4) is 0 Å². The smallest absolute Gasteiger partial charge is 0.220 e. The van der Waals surface area contributed by atoms with E-state index in [1.807, 2.05) is 6.92 Å². The van der Waals surface area contributed by atoms with Crippen LogP contribution in [-0.2, 0) is 4.79 Å². The quantitative estimate of drug-likeness (QED) is 0.177. The number of amides is 1. The van der Waals surface area contributed by atoms with Gasteiger partial charge in [-0.25, -0.2) is 0 Å². The molecule has 4 N–H and O–H groups in total. The van der Waals surface area contributed by atoms with E-state index in [1.165, 1.54) is 32.1 Å². The van der Waals surface area contributed by atoms with E-state index in [2.05, 4.69) is 17.4 Å². The van der Waals surface area contributed by atoms with Crippen LogP contribution in [-0.4, -0.2) is 23.0 Å². The van der Waals surface area contributed by atoms with E-state index >= 15 is 0 Å². The first kappa shape index (κ1) is 17.7. The summed E-state index contributed by atoms with van der Waals surface area (Å²) in [5.41, 5.74) is 5.48. The van der Waals surface area contributed by atoms with E-state index < -0.39 is 0 Å². The normalized spacial score (nSPS) is 13.3. The number of carbonyl (C=O) groups excluding carboxylic acids is 1. The highest BCUT2D eigenvalue weighted by atomic mass is 16.4. The maximum absolute atomic E-state index is 11.7. The molecule has 0 fully saturated rings. The molecule has 0 heterocycles. The van der Waals surface area contributed by atoms with Crippen LogP contribution in [0.2, 0.25) is 0 Å². The van der Waals surface area contributed by atoms with Gasteiger partial charge < -0.3 is 16.3 Å². The topological polar surface area (TPSA) is 87.7 Å². The van der Waals surface area contributed by atoms with Crippen LogP contribution in [0.1, 0.15) is 71.6 Å². The van der Waals surface area contributed by atoms with Crippen molar-refractivity contribution in [3.05, 3.63) is 0 Å². The van der Waals surface area contributed by atoms with Crippen LogP contribution in [0.4, 0.5) is 0 Å². The second kappa shape index (κ2) is 11.8. The lowest BCUT2D eigenvalue weighted by atomic mass is 10.1. The average Bonchev–Trinajstić information content (AvgIpc) is 2.42. The zero-order valence-electron chi connectivity index (χ0n) is 12.3. The van der Waals surface area contributed by atoms with Gasteiger partial charge in [0.25, 0.3) is 0 Å². The van der Waals surface area contributed by atoms with Crippen LogP contribution in [0, 0.1) is 0 Å². The van der Waals surface area contributed by atoms with Crippen molar-refractivity contribution in [2.45, 2.75) is 77.7 Å². The lowest BCUT2D eigenvalue weighted by Crippen LogP contribution is -2.44. The number of amidine groups is 1. The molecule has 0 aliphatic heterocycles. The maximum Gasteiger partial charge on any atom is 0.220 e. The monoisotopic (exact) mass is 271 g/mol. The fourth-order valence-electron chi connectivity index (χ4n) is 1.96. The van der Waals surface area contributed by atoms with Crippen molar-refractivity contribution in [2.24, 2.45) is 10.9 Å². The van der Waals surface area contributed by atoms with E-state index in [0.717, 1.165) is 12.8 Å². The number of rotatable bonds is 11. The van der Waals surface area contributed by atoms with Gasteiger partial charge in [0.15, 0.2) is 5.84 Å². The third kappa shape index (κ3) is 9.33. The largest absolute Gasteiger partial charge is 0.409 e. The number of nitrogens with one attached hydrogen (secondary N) is 1. The maximum atomic E-state index is 11.7. The molecule has 0 saturated carbocycles. The standard InChI is InChI=1S/C14H29N3O2/c1-3-5-6-7-8-9-10-11-13(18)16-12(4-2)14(15)17-19/h12,19H,3-11H2,1-2H3,(H2,15,17)(H,16,18). The molecule has 0 aromatic rings. The Labute approximate surface area is 116 Å². The molecule has 0 spiro atoms. The summed E-state index contributed by atoms with van der Waals surface area (Å²) in [6, 6.07) is -0.359. The molecule has 0 saturated heterocycles. The lowest BCUT2D eigenvalue weighted by Gasteiger charge is -2.15. The molecule has 1 atom stereocenters. The Bertz CT molecular complexity index is 267. The predicted octanol–water partition coefficient (Wildman–Crippen LogP) is 2.77. The van der Waals surface area contributed by atoms with E-state index in [0.29, 0.717) is 12.8 Å². The molecule has 19 heavy (non-hydrogen) atoms. The van der Waals surface area contributed by atoms with Crippen molar-refractivity contribution < 1.29 is 10.0 Å². The van der Waals surface area contributed by atoms with E-state index in [1.54, 1.807) is 0 Å². The highest BCUT2D eigenvalue weighted by Gasteiger charge is 2.14. The number of carbonyl (C=O) groups is 1. The second-order valence-corrected chi connectivity index (χ2v) is 4.92. The molecule has 0 rings (SSSR count). The van der Waals surface area contributed by atoms with E-state index in [9.17, 15) is 4.79 Å². The number of nitrogens with two attached hydrogens (primary N) is 1. The molecule has 0 aromatic carbocycles. The van der Waals surface area contributed by atoms with Crippen LogP contribution in [0.15, 0.2) is 5.16 Å². The van der Waals surface area contributed by atoms with Crippen molar-refractivity contribution in [1.82, 2.24) is 5.32 Å². The van der Waals surface area contributed by atoms with Gasteiger partial charge >= 0.3 is 0 Å². The van der Waals surface area contributed by atoms with Crippen LogP contribution in [0.3, 0.4) is 0 Å². The molecule has 0 aliphatic carbocycles. The fourth-order valence-corrected chi connectivity index (χ4v) is 1.96. The summed E-state index contributed by atoms with van der Waals surface area (Å²) in [4.78, 5) is 11.7. The number of nitrogens with zero attached hydrogens (tertiary/aromatic N) is 1.